The van der Waals surface area contributed by atoms with Crippen LogP contribution in [0.15, 0.2) is 54.6 Å². The summed E-state index contributed by atoms with van der Waals surface area (Å²) in [7, 11) is 0. The van der Waals surface area contributed by atoms with Crippen LogP contribution < -0.4 is 15.5 Å². The molecule has 2 aliphatic rings. The number of carbonyl (C=O) groups is 2. The molecule has 0 atom stereocenters. The fraction of sp³-hybridized carbons (Fsp3) is 0.391. The first-order valence-electron chi connectivity index (χ1n) is 10.5. The van der Waals surface area contributed by atoms with Gasteiger partial charge >= 0.3 is 6.03 Å². The number of urea groups is 1. The molecule has 152 valence electrons. The van der Waals surface area contributed by atoms with Crippen molar-refractivity contribution in [1.82, 2.24) is 4.90 Å². The maximum Gasteiger partial charge on any atom is 0.321 e. The lowest BCUT2D eigenvalue weighted by Gasteiger charge is -2.31. The number of amides is 3. The van der Waals surface area contributed by atoms with Crippen LogP contribution >= 0.6 is 0 Å². The van der Waals surface area contributed by atoms with Crippen LogP contribution in [0.2, 0.25) is 0 Å². The summed E-state index contributed by atoms with van der Waals surface area (Å²) >= 11 is 0. The van der Waals surface area contributed by atoms with E-state index in [4.69, 9.17) is 0 Å². The molecular formula is C23H28N4O2. The number of hydrogen-bond acceptors (Lipinski definition) is 3. The van der Waals surface area contributed by atoms with Gasteiger partial charge in [0.05, 0.1) is 11.4 Å². The van der Waals surface area contributed by atoms with E-state index in [-0.39, 0.29) is 17.9 Å². The molecule has 0 aliphatic carbocycles. The third kappa shape index (κ3) is 4.70. The van der Waals surface area contributed by atoms with E-state index in [1.165, 1.54) is 12.8 Å². The van der Waals surface area contributed by atoms with E-state index in [2.05, 4.69) is 21.6 Å². The Morgan fingerprint density at radius 1 is 0.793 bits per heavy atom. The van der Waals surface area contributed by atoms with Crippen LogP contribution in [0.3, 0.4) is 0 Å². The number of hydrogen-bond donors (Lipinski definition) is 2. The topological polar surface area (TPSA) is 64.7 Å². The van der Waals surface area contributed by atoms with Crippen molar-refractivity contribution in [2.24, 2.45) is 5.92 Å². The summed E-state index contributed by atoms with van der Waals surface area (Å²) in [5.41, 5.74) is 2.79. The zero-order chi connectivity index (χ0) is 20.1. The second-order valence-electron chi connectivity index (χ2n) is 7.76. The van der Waals surface area contributed by atoms with Crippen LogP contribution in [-0.4, -0.2) is 43.0 Å². The van der Waals surface area contributed by atoms with Crippen LogP contribution in [-0.2, 0) is 4.79 Å². The van der Waals surface area contributed by atoms with Gasteiger partial charge in [-0.05, 0) is 49.9 Å². The summed E-state index contributed by atoms with van der Waals surface area (Å²) in [6, 6.07) is 17.4. The molecule has 3 amide bonds. The number of likely N-dealkylation sites (tertiary alicyclic amines) is 1. The number of benzene rings is 2. The van der Waals surface area contributed by atoms with Crippen molar-refractivity contribution in [3.63, 3.8) is 0 Å². The third-order valence-corrected chi connectivity index (χ3v) is 5.79. The van der Waals surface area contributed by atoms with Gasteiger partial charge in [-0.1, -0.05) is 30.3 Å². The average molecular weight is 393 g/mol. The Kier molecular flexibility index (Phi) is 5.98. The molecule has 2 saturated heterocycles. The minimum Gasteiger partial charge on any atom is -0.370 e. The van der Waals surface area contributed by atoms with Gasteiger partial charge in [0.1, 0.15) is 0 Å². The molecule has 2 aliphatic heterocycles. The Morgan fingerprint density at radius 3 is 2.17 bits per heavy atom. The molecule has 29 heavy (non-hydrogen) atoms. The number of carbonyl (C=O) groups excluding carboxylic acids is 2. The highest BCUT2D eigenvalue weighted by Crippen LogP contribution is 2.30. The van der Waals surface area contributed by atoms with Crippen molar-refractivity contribution in [1.29, 1.82) is 0 Å². The molecule has 0 radical (unpaired) electrons. The van der Waals surface area contributed by atoms with Gasteiger partial charge in [0.15, 0.2) is 0 Å². The molecule has 6 heteroatoms. The molecule has 0 aromatic heterocycles. The molecule has 0 unspecified atom stereocenters. The first-order chi connectivity index (χ1) is 14.2. The van der Waals surface area contributed by atoms with Crippen LogP contribution in [0.5, 0.6) is 0 Å². The molecule has 2 aromatic rings. The second-order valence-corrected chi connectivity index (χ2v) is 7.76. The van der Waals surface area contributed by atoms with Gasteiger partial charge in [0.2, 0.25) is 5.91 Å². The lowest BCUT2D eigenvalue weighted by molar-refractivity contribution is -0.121. The van der Waals surface area contributed by atoms with Crippen LogP contribution in [0, 0.1) is 5.92 Å². The van der Waals surface area contributed by atoms with Gasteiger partial charge in [-0.2, -0.15) is 0 Å². The Hall–Kier alpha value is -3.02. The van der Waals surface area contributed by atoms with Gasteiger partial charge in [-0.25, -0.2) is 4.79 Å². The summed E-state index contributed by atoms with van der Waals surface area (Å²) in [5, 5.41) is 6.06. The van der Waals surface area contributed by atoms with E-state index in [0.717, 1.165) is 30.2 Å². The molecule has 0 spiro atoms. The fourth-order valence-corrected chi connectivity index (χ4v) is 4.12. The molecule has 2 heterocycles. The van der Waals surface area contributed by atoms with Gasteiger partial charge in [0, 0.05) is 37.8 Å². The van der Waals surface area contributed by atoms with Crippen molar-refractivity contribution in [2.45, 2.75) is 25.7 Å². The summed E-state index contributed by atoms with van der Waals surface area (Å²) < 4.78 is 0. The predicted octanol–water partition coefficient (Wildman–Crippen LogP) is 4.17. The zero-order valence-corrected chi connectivity index (χ0v) is 16.6. The van der Waals surface area contributed by atoms with Gasteiger partial charge in [-0.3, -0.25) is 4.79 Å². The quantitative estimate of drug-likeness (QED) is 0.821. The first-order valence-corrected chi connectivity index (χ1v) is 10.5. The lowest BCUT2D eigenvalue weighted by Crippen LogP contribution is -2.43. The van der Waals surface area contributed by atoms with Gasteiger partial charge in [0.25, 0.3) is 0 Å². The van der Waals surface area contributed by atoms with E-state index < -0.39 is 0 Å². The average Bonchev–Trinajstić information content (AvgIpc) is 3.30. The molecule has 4 rings (SSSR count). The van der Waals surface area contributed by atoms with Crippen molar-refractivity contribution in [2.75, 3.05) is 41.7 Å². The number of piperidine rings is 1. The number of nitrogens with zero attached hydrogens (tertiary/aromatic N) is 2. The van der Waals surface area contributed by atoms with Crippen molar-refractivity contribution < 1.29 is 9.59 Å². The molecule has 0 saturated carbocycles. The Bertz CT molecular complexity index is 841. The van der Waals surface area contributed by atoms with Crippen molar-refractivity contribution >= 4 is 29.0 Å². The summed E-state index contributed by atoms with van der Waals surface area (Å²) in [6.07, 6.45) is 3.76. The van der Waals surface area contributed by atoms with E-state index >= 15 is 0 Å². The highest BCUT2D eigenvalue weighted by atomic mass is 16.2. The minimum atomic E-state index is -0.102. The van der Waals surface area contributed by atoms with Crippen LogP contribution in [0.4, 0.5) is 21.9 Å². The molecule has 6 nitrogen and oxygen atoms in total. The SMILES string of the molecule is O=C(Nc1ccccc1N1CCCC1)C1CCN(C(=O)Nc2ccccc2)CC1. The van der Waals surface area contributed by atoms with E-state index in [9.17, 15) is 9.59 Å². The van der Waals surface area contributed by atoms with Gasteiger partial charge in [-0.15, -0.1) is 0 Å². The Morgan fingerprint density at radius 2 is 1.45 bits per heavy atom. The Labute approximate surface area is 171 Å². The third-order valence-electron chi connectivity index (χ3n) is 5.79. The van der Waals surface area contributed by atoms with Gasteiger partial charge < -0.3 is 20.4 Å². The standard InChI is InChI=1S/C23H28N4O2/c28-22(25-20-10-4-5-11-21(20)26-14-6-7-15-26)18-12-16-27(17-13-18)23(29)24-19-8-2-1-3-9-19/h1-5,8-11,18H,6-7,12-17H2,(H,24,29)(H,25,28). The monoisotopic (exact) mass is 392 g/mol. The smallest absolute Gasteiger partial charge is 0.321 e. The second kappa shape index (κ2) is 8.99. The molecule has 2 fully saturated rings. The first kappa shape index (κ1) is 19.3. The van der Waals surface area contributed by atoms with Crippen molar-refractivity contribution in [3.8, 4) is 0 Å². The van der Waals surface area contributed by atoms with Crippen LogP contribution in [0.1, 0.15) is 25.7 Å². The molecular weight excluding hydrogens is 364 g/mol. The molecule has 2 N–H and O–H groups in total. The van der Waals surface area contributed by atoms with E-state index in [0.29, 0.717) is 25.9 Å². The fourth-order valence-electron chi connectivity index (χ4n) is 4.12. The molecule has 2 aromatic carbocycles. The predicted molar refractivity (Wildman–Crippen MR) is 116 cm³/mol. The summed E-state index contributed by atoms with van der Waals surface area (Å²) in [5.74, 6) is -0.0119. The summed E-state index contributed by atoms with van der Waals surface area (Å²) in [6.45, 7) is 3.26. The largest absolute Gasteiger partial charge is 0.370 e. The Balaban J connectivity index is 1.31. The maximum absolute atomic E-state index is 12.9. The number of anilines is 3. The lowest BCUT2D eigenvalue weighted by atomic mass is 9.96. The number of nitrogens with one attached hydrogen (secondary N) is 2. The van der Waals surface area contributed by atoms with E-state index in [1.807, 2.05) is 48.5 Å². The van der Waals surface area contributed by atoms with Crippen molar-refractivity contribution in [3.05, 3.63) is 54.6 Å². The highest BCUT2D eigenvalue weighted by molar-refractivity contribution is 5.96. The highest BCUT2D eigenvalue weighted by Gasteiger charge is 2.28. The summed E-state index contributed by atoms with van der Waals surface area (Å²) in [4.78, 5) is 29.4. The van der Waals surface area contributed by atoms with Crippen LogP contribution in [0.25, 0.3) is 0 Å². The normalized spacial score (nSPS) is 17.2. The molecule has 0 bridgehead atoms. The number of para-hydroxylation sites is 3. The maximum atomic E-state index is 12.9. The van der Waals surface area contributed by atoms with E-state index in [1.54, 1.807) is 4.90 Å². The number of rotatable bonds is 4. The zero-order valence-electron chi connectivity index (χ0n) is 16.6. The minimum absolute atomic E-state index is 0.0553.